The van der Waals surface area contributed by atoms with Crippen molar-refractivity contribution < 1.29 is 9.18 Å². The Morgan fingerprint density at radius 1 is 1.14 bits per heavy atom. The van der Waals surface area contributed by atoms with Gasteiger partial charge in [0.2, 0.25) is 5.91 Å². The van der Waals surface area contributed by atoms with Crippen LogP contribution in [-0.4, -0.2) is 33.4 Å². The third-order valence-corrected chi connectivity index (χ3v) is 5.25. The molecule has 0 spiro atoms. The van der Waals surface area contributed by atoms with Gasteiger partial charge < -0.3 is 20.5 Å². The summed E-state index contributed by atoms with van der Waals surface area (Å²) in [6.45, 7) is 1.57. The van der Waals surface area contributed by atoms with Crippen molar-refractivity contribution in [2.75, 3.05) is 18.4 Å². The zero-order valence-corrected chi connectivity index (χ0v) is 16.6. The van der Waals surface area contributed by atoms with Crippen molar-refractivity contribution >= 4 is 33.3 Å². The van der Waals surface area contributed by atoms with E-state index in [-0.39, 0.29) is 18.3 Å². The highest BCUT2D eigenvalue weighted by Gasteiger charge is 2.26. The molecule has 2 aromatic carbocycles. The lowest BCUT2D eigenvalue weighted by molar-refractivity contribution is -0.131. The van der Waals surface area contributed by atoms with Gasteiger partial charge in [0.15, 0.2) is 0 Å². The van der Waals surface area contributed by atoms with Gasteiger partial charge in [0, 0.05) is 28.8 Å². The van der Waals surface area contributed by atoms with Crippen LogP contribution >= 0.6 is 15.9 Å². The summed E-state index contributed by atoms with van der Waals surface area (Å²) in [6.07, 6.45) is 0. The van der Waals surface area contributed by atoms with Crippen molar-refractivity contribution in [2.45, 2.75) is 13.1 Å². The third-order valence-electron chi connectivity index (χ3n) is 4.72. The highest BCUT2D eigenvalue weighted by molar-refractivity contribution is 9.10. The summed E-state index contributed by atoms with van der Waals surface area (Å²) in [5, 5.41) is 3.37. The Kier molecular flexibility index (Phi) is 5.15. The molecule has 3 aromatic rings. The first-order valence-corrected chi connectivity index (χ1v) is 9.70. The molecule has 0 aliphatic carbocycles. The molecule has 1 aromatic heterocycles. The van der Waals surface area contributed by atoms with Crippen molar-refractivity contribution in [2.24, 2.45) is 5.73 Å². The number of anilines is 2. The number of carbonyl (C=O) groups is 1. The Labute approximate surface area is 170 Å². The molecule has 1 aliphatic rings. The normalized spacial score (nSPS) is 13.3. The van der Waals surface area contributed by atoms with Crippen LogP contribution in [0.5, 0.6) is 0 Å². The van der Waals surface area contributed by atoms with Crippen molar-refractivity contribution in [1.82, 2.24) is 14.5 Å². The van der Waals surface area contributed by atoms with Crippen LogP contribution in [0.15, 0.2) is 53.0 Å². The molecule has 3 N–H and O–H groups in total. The molecule has 0 atom stereocenters. The second kappa shape index (κ2) is 7.73. The minimum Gasteiger partial charge on any atom is -0.340 e. The van der Waals surface area contributed by atoms with E-state index in [0.717, 1.165) is 33.1 Å². The molecule has 1 amide bonds. The monoisotopic (exact) mass is 443 g/mol. The molecule has 0 fully saturated rings. The van der Waals surface area contributed by atoms with Crippen molar-refractivity contribution in [3.63, 3.8) is 0 Å². The second-order valence-corrected chi connectivity index (χ2v) is 7.45. The number of hydrogen-bond acceptors (Lipinski definition) is 4. The van der Waals surface area contributed by atoms with Crippen molar-refractivity contribution in [3.05, 3.63) is 64.6 Å². The number of nitrogens with two attached hydrogens (primary N) is 1. The number of nitrogens with one attached hydrogen (secondary N) is 1. The summed E-state index contributed by atoms with van der Waals surface area (Å²) in [7, 11) is 0. The van der Waals surface area contributed by atoms with Crippen LogP contribution in [0.2, 0.25) is 0 Å². The molecule has 0 saturated heterocycles. The Balaban J connectivity index is 1.76. The minimum absolute atomic E-state index is 0.0129. The van der Waals surface area contributed by atoms with Crippen LogP contribution < -0.4 is 11.1 Å². The van der Waals surface area contributed by atoms with Gasteiger partial charge in [-0.25, -0.2) is 9.37 Å². The van der Waals surface area contributed by atoms with E-state index >= 15 is 0 Å². The molecular weight excluding hydrogens is 425 g/mol. The van der Waals surface area contributed by atoms with Crippen LogP contribution in [0.4, 0.5) is 15.9 Å². The van der Waals surface area contributed by atoms with E-state index in [1.807, 2.05) is 24.3 Å². The summed E-state index contributed by atoms with van der Waals surface area (Å²) in [5.41, 5.74) is 8.01. The number of imidazole rings is 1. The van der Waals surface area contributed by atoms with Crippen LogP contribution in [0.25, 0.3) is 11.3 Å². The molecule has 0 saturated carbocycles. The van der Waals surface area contributed by atoms with Gasteiger partial charge in [-0.3, -0.25) is 4.79 Å². The van der Waals surface area contributed by atoms with Crippen LogP contribution in [-0.2, 0) is 17.9 Å². The number of aromatic nitrogens is 2. The number of benzene rings is 2. The Hall–Kier alpha value is -2.71. The van der Waals surface area contributed by atoms with E-state index in [0.29, 0.717) is 19.6 Å². The van der Waals surface area contributed by atoms with Gasteiger partial charge in [0.25, 0.3) is 0 Å². The maximum Gasteiger partial charge on any atom is 0.236 e. The van der Waals surface area contributed by atoms with Crippen LogP contribution in [0.3, 0.4) is 0 Å². The van der Waals surface area contributed by atoms with Gasteiger partial charge in [-0.1, -0.05) is 28.1 Å². The summed E-state index contributed by atoms with van der Waals surface area (Å²) in [4.78, 5) is 18.5. The van der Waals surface area contributed by atoms with E-state index in [1.54, 1.807) is 17.0 Å². The molecule has 1 aliphatic heterocycles. The Morgan fingerprint density at radius 2 is 1.86 bits per heavy atom. The molecule has 8 heteroatoms. The molecule has 28 heavy (non-hydrogen) atoms. The number of nitrogens with zero attached hydrogens (tertiary/aromatic N) is 3. The lowest BCUT2D eigenvalue weighted by atomic mass is 10.1. The van der Waals surface area contributed by atoms with Gasteiger partial charge in [-0.15, -0.1) is 0 Å². The number of rotatable bonds is 4. The number of fused-ring (bicyclic) bond motifs is 1. The standard InChI is InChI=1S/C20H19BrFN5O/c21-14-3-1-13(2-4-14)19-20(24-16-7-5-15(22)6-8-16)27-10-9-26(18(28)11-23)12-17(27)25-19/h1-8,24H,9-12,23H2. The average molecular weight is 444 g/mol. The van der Waals surface area contributed by atoms with E-state index < -0.39 is 0 Å². The zero-order valence-electron chi connectivity index (χ0n) is 15.0. The maximum absolute atomic E-state index is 13.3. The fourth-order valence-corrected chi connectivity index (χ4v) is 3.54. The summed E-state index contributed by atoms with van der Waals surface area (Å²) >= 11 is 3.45. The predicted octanol–water partition coefficient (Wildman–Crippen LogP) is 3.50. The van der Waals surface area contributed by atoms with Gasteiger partial charge in [0.1, 0.15) is 23.2 Å². The van der Waals surface area contributed by atoms with Crippen molar-refractivity contribution in [1.29, 1.82) is 0 Å². The first-order chi connectivity index (χ1) is 13.5. The fraction of sp³-hybridized carbons (Fsp3) is 0.200. The molecule has 6 nitrogen and oxygen atoms in total. The minimum atomic E-state index is -0.287. The third kappa shape index (κ3) is 3.65. The average Bonchev–Trinajstić information content (AvgIpc) is 3.07. The van der Waals surface area contributed by atoms with Crippen molar-refractivity contribution in [3.8, 4) is 11.3 Å². The van der Waals surface area contributed by atoms with Crippen LogP contribution in [0, 0.1) is 5.82 Å². The highest BCUT2D eigenvalue weighted by Crippen LogP contribution is 2.33. The number of amides is 1. The number of halogens is 2. The largest absolute Gasteiger partial charge is 0.340 e. The molecule has 4 rings (SSSR count). The van der Waals surface area contributed by atoms with E-state index in [4.69, 9.17) is 10.7 Å². The smallest absolute Gasteiger partial charge is 0.236 e. The van der Waals surface area contributed by atoms with Gasteiger partial charge in [-0.05, 0) is 36.4 Å². The molecule has 144 valence electrons. The summed E-state index contributed by atoms with van der Waals surface area (Å²) in [6, 6.07) is 14.1. The number of hydrogen-bond donors (Lipinski definition) is 2. The Bertz CT molecular complexity index is 1000. The van der Waals surface area contributed by atoms with Gasteiger partial charge in [0.05, 0.1) is 13.1 Å². The quantitative estimate of drug-likeness (QED) is 0.646. The highest BCUT2D eigenvalue weighted by atomic mass is 79.9. The predicted molar refractivity (Wildman–Crippen MR) is 110 cm³/mol. The SMILES string of the molecule is NCC(=O)N1CCn2c(nc(-c3ccc(Br)cc3)c2Nc2ccc(F)cc2)C1. The second-order valence-electron chi connectivity index (χ2n) is 6.54. The maximum atomic E-state index is 13.3. The lowest BCUT2D eigenvalue weighted by Crippen LogP contribution is -2.41. The molecule has 0 radical (unpaired) electrons. The van der Waals surface area contributed by atoms with Gasteiger partial charge in [-0.2, -0.15) is 0 Å². The summed E-state index contributed by atoms with van der Waals surface area (Å²) in [5.74, 6) is 1.23. The van der Waals surface area contributed by atoms with E-state index in [9.17, 15) is 9.18 Å². The first kappa shape index (κ1) is 18.6. The first-order valence-electron chi connectivity index (χ1n) is 8.91. The molecular formula is C20H19BrFN5O. The zero-order chi connectivity index (χ0) is 19.7. The lowest BCUT2D eigenvalue weighted by Gasteiger charge is -2.28. The van der Waals surface area contributed by atoms with Gasteiger partial charge >= 0.3 is 0 Å². The molecule has 0 bridgehead atoms. The fourth-order valence-electron chi connectivity index (χ4n) is 3.28. The van der Waals surface area contributed by atoms with Crippen LogP contribution in [0.1, 0.15) is 5.82 Å². The Morgan fingerprint density at radius 3 is 2.54 bits per heavy atom. The molecule has 0 unspecified atom stereocenters. The summed E-state index contributed by atoms with van der Waals surface area (Å²) < 4.78 is 16.3. The topological polar surface area (TPSA) is 76.2 Å². The van der Waals surface area contributed by atoms with E-state index in [2.05, 4.69) is 25.8 Å². The molecule has 2 heterocycles. The van der Waals surface area contributed by atoms with E-state index in [1.165, 1.54) is 12.1 Å². The number of carbonyl (C=O) groups excluding carboxylic acids is 1.